The summed E-state index contributed by atoms with van der Waals surface area (Å²) in [6.07, 6.45) is 0. The van der Waals surface area contributed by atoms with Gasteiger partial charge < -0.3 is 10.1 Å². The highest BCUT2D eigenvalue weighted by atomic mass is 16.5. The van der Waals surface area contributed by atoms with Crippen LogP contribution in [0.4, 0.5) is 4.79 Å². The van der Waals surface area contributed by atoms with E-state index in [4.69, 9.17) is 4.74 Å². The Kier molecular flexibility index (Phi) is 6.07. The number of rotatable bonds is 7. The fourth-order valence-electron chi connectivity index (χ4n) is 3.49. The lowest BCUT2D eigenvalue weighted by molar-refractivity contribution is -0.139. The molecular formula is C22H26N4O4. The Bertz CT molecular complexity index is 963. The SMILES string of the molecule is COc1ccc(C)cc1CN(C)CC(=O)NN1C(=O)N[C@](C)(c2ccccc2)C1=O. The predicted octanol–water partition coefficient (Wildman–Crippen LogP) is 1.93. The zero-order chi connectivity index (χ0) is 21.9. The van der Waals surface area contributed by atoms with Crippen molar-refractivity contribution in [2.75, 3.05) is 20.7 Å². The van der Waals surface area contributed by atoms with Crippen LogP contribution in [0.5, 0.6) is 5.75 Å². The van der Waals surface area contributed by atoms with Crippen molar-refractivity contribution >= 4 is 17.8 Å². The molecule has 1 heterocycles. The molecule has 1 fully saturated rings. The lowest BCUT2D eigenvalue weighted by Gasteiger charge is -2.23. The second-order valence-electron chi connectivity index (χ2n) is 7.58. The minimum absolute atomic E-state index is 0.00376. The first-order valence-electron chi connectivity index (χ1n) is 9.58. The van der Waals surface area contributed by atoms with Crippen molar-refractivity contribution in [1.82, 2.24) is 20.7 Å². The number of urea groups is 1. The Balaban J connectivity index is 1.64. The lowest BCUT2D eigenvalue weighted by Crippen LogP contribution is -2.50. The topological polar surface area (TPSA) is 91.0 Å². The number of nitrogens with zero attached hydrogens (tertiary/aromatic N) is 2. The summed E-state index contributed by atoms with van der Waals surface area (Å²) in [6.45, 7) is 4.07. The number of aryl methyl sites for hydroxylation is 1. The number of amides is 4. The van der Waals surface area contributed by atoms with E-state index < -0.39 is 23.4 Å². The first kappa shape index (κ1) is 21.3. The van der Waals surface area contributed by atoms with E-state index in [0.29, 0.717) is 12.1 Å². The van der Waals surface area contributed by atoms with Gasteiger partial charge in [0.05, 0.1) is 13.7 Å². The van der Waals surface area contributed by atoms with Gasteiger partial charge in [-0.3, -0.25) is 19.9 Å². The van der Waals surface area contributed by atoms with E-state index in [9.17, 15) is 14.4 Å². The van der Waals surface area contributed by atoms with Crippen LogP contribution in [0.2, 0.25) is 0 Å². The Morgan fingerprint density at radius 1 is 1.20 bits per heavy atom. The van der Waals surface area contributed by atoms with Crippen LogP contribution in [0.1, 0.15) is 23.6 Å². The molecule has 2 aromatic rings. The number of hydrogen-bond donors (Lipinski definition) is 2. The minimum Gasteiger partial charge on any atom is -0.496 e. The molecule has 1 aliphatic rings. The summed E-state index contributed by atoms with van der Waals surface area (Å²) in [4.78, 5) is 39.5. The monoisotopic (exact) mass is 410 g/mol. The standard InChI is InChI=1S/C22H26N4O4/c1-15-10-11-18(30-4)16(12-15)13-25(3)14-19(27)24-26-20(28)22(2,23-21(26)29)17-8-6-5-7-9-17/h5-12H,13-14H2,1-4H3,(H,23,29)(H,24,27)/t22-/m1/s1. The largest absolute Gasteiger partial charge is 0.496 e. The van der Waals surface area contributed by atoms with Crippen LogP contribution in [-0.2, 0) is 21.7 Å². The highest BCUT2D eigenvalue weighted by Gasteiger charge is 2.49. The third kappa shape index (κ3) is 4.28. The van der Waals surface area contributed by atoms with Gasteiger partial charge in [0, 0.05) is 12.1 Å². The molecule has 1 saturated heterocycles. The number of likely N-dealkylation sites (N-methyl/N-ethyl adjacent to an activating group) is 1. The van der Waals surface area contributed by atoms with Crippen LogP contribution in [0.25, 0.3) is 0 Å². The van der Waals surface area contributed by atoms with Crippen LogP contribution in [0.15, 0.2) is 48.5 Å². The molecule has 0 aliphatic carbocycles. The maximum absolute atomic E-state index is 12.9. The van der Waals surface area contributed by atoms with Crippen LogP contribution in [0.3, 0.4) is 0 Å². The predicted molar refractivity (Wildman–Crippen MR) is 111 cm³/mol. The smallest absolute Gasteiger partial charge is 0.344 e. The third-order valence-electron chi connectivity index (χ3n) is 5.07. The molecule has 1 atom stereocenters. The molecular weight excluding hydrogens is 384 g/mol. The van der Waals surface area contributed by atoms with Crippen molar-refractivity contribution in [3.63, 3.8) is 0 Å². The number of nitrogens with one attached hydrogen (secondary N) is 2. The lowest BCUT2D eigenvalue weighted by atomic mass is 9.92. The first-order valence-corrected chi connectivity index (χ1v) is 9.58. The average Bonchev–Trinajstić information content (AvgIpc) is 2.92. The summed E-state index contributed by atoms with van der Waals surface area (Å²) >= 11 is 0. The van der Waals surface area contributed by atoms with Crippen molar-refractivity contribution in [2.45, 2.75) is 25.9 Å². The van der Waals surface area contributed by atoms with Gasteiger partial charge in [-0.25, -0.2) is 4.79 Å². The van der Waals surface area contributed by atoms with Gasteiger partial charge in [0.1, 0.15) is 11.3 Å². The highest BCUT2D eigenvalue weighted by Crippen LogP contribution is 2.27. The number of carbonyl (C=O) groups excluding carboxylic acids is 3. The van der Waals surface area contributed by atoms with Gasteiger partial charge in [0.2, 0.25) is 0 Å². The number of benzene rings is 2. The zero-order valence-corrected chi connectivity index (χ0v) is 17.6. The summed E-state index contributed by atoms with van der Waals surface area (Å²) in [7, 11) is 3.38. The Hall–Kier alpha value is -3.39. The molecule has 0 saturated carbocycles. The molecule has 0 spiro atoms. The second kappa shape index (κ2) is 8.54. The Labute approximate surface area is 175 Å². The molecule has 0 bridgehead atoms. The number of hydrazine groups is 1. The Morgan fingerprint density at radius 3 is 2.57 bits per heavy atom. The van der Waals surface area contributed by atoms with Crippen LogP contribution in [-0.4, -0.2) is 48.5 Å². The molecule has 2 N–H and O–H groups in total. The number of carbonyl (C=O) groups is 3. The van der Waals surface area contributed by atoms with E-state index in [0.717, 1.165) is 21.9 Å². The second-order valence-corrected chi connectivity index (χ2v) is 7.58. The van der Waals surface area contributed by atoms with Gasteiger partial charge in [-0.1, -0.05) is 48.0 Å². The maximum Gasteiger partial charge on any atom is 0.344 e. The molecule has 158 valence electrons. The van der Waals surface area contributed by atoms with Gasteiger partial charge >= 0.3 is 6.03 Å². The van der Waals surface area contributed by atoms with Crippen LogP contribution >= 0.6 is 0 Å². The van der Waals surface area contributed by atoms with E-state index in [1.165, 1.54) is 0 Å². The number of methoxy groups -OCH3 is 1. The molecule has 8 heteroatoms. The summed E-state index contributed by atoms with van der Waals surface area (Å²) in [5.74, 6) is -0.263. The minimum atomic E-state index is -1.23. The molecule has 0 unspecified atom stereocenters. The van der Waals surface area contributed by atoms with Crippen molar-refractivity contribution in [3.05, 3.63) is 65.2 Å². The van der Waals surface area contributed by atoms with E-state index >= 15 is 0 Å². The van der Waals surface area contributed by atoms with Crippen LogP contribution < -0.4 is 15.5 Å². The normalized spacial score (nSPS) is 18.5. The fraction of sp³-hybridized carbons (Fsp3) is 0.318. The van der Waals surface area contributed by atoms with Gasteiger partial charge in [-0.15, -0.1) is 0 Å². The van der Waals surface area contributed by atoms with Crippen molar-refractivity contribution in [1.29, 1.82) is 0 Å². The average molecular weight is 410 g/mol. The molecule has 30 heavy (non-hydrogen) atoms. The molecule has 4 amide bonds. The van der Waals surface area contributed by atoms with Crippen molar-refractivity contribution in [2.24, 2.45) is 0 Å². The summed E-state index contributed by atoms with van der Waals surface area (Å²) in [5.41, 5.74) is 3.86. The van der Waals surface area contributed by atoms with E-state index in [1.807, 2.05) is 31.2 Å². The van der Waals surface area contributed by atoms with Crippen LogP contribution in [0, 0.1) is 6.92 Å². The van der Waals surface area contributed by atoms with Crippen molar-refractivity contribution in [3.8, 4) is 5.75 Å². The fourth-order valence-corrected chi connectivity index (χ4v) is 3.49. The van der Waals surface area contributed by atoms with Gasteiger partial charge in [0.15, 0.2) is 0 Å². The van der Waals surface area contributed by atoms with E-state index in [2.05, 4.69) is 10.7 Å². The maximum atomic E-state index is 12.9. The molecule has 2 aromatic carbocycles. The quantitative estimate of drug-likeness (QED) is 0.681. The summed E-state index contributed by atoms with van der Waals surface area (Å²) in [5, 5.41) is 3.41. The molecule has 8 nitrogen and oxygen atoms in total. The zero-order valence-electron chi connectivity index (χ0n) is 17.6. The van der Waals surface area contributed by atoms with Gasteiger partial charge in [0.25, 0.3) is 11.8 Å². The molecule has 0 aromatic heterocycles. The van der Waals surface area contributed by atoms with Gasteiger partial charge in [-0.2, -0.15) is 5.01 Å². The number of imide groups is 1. The molecule has 1 aliphatic heterocycles. The number of hydrogen-bond acceptors (Lipinski definition) is 5. The third-order valence-corrected chi connectivity index (χ3v) is 5.07. The highest BCUT2D eigenvalue weighted by molar-refractivity contribution is 6.08. The molecule has 3 rings (SSSR count). The summed E-state index contributed by atoms with van der Waals surface area (Å²) in [6, 6.07) is 14.1. The first-order chi connectivity index (χ1) is 14.2. The van der Waals surface area contributed by atoms with Crippen molar-refractivity contribution < 1.29 is 19.1 Å². The van der Waals surface area contributed by atoms with Gasteiger partial charge in [-0.05, 0) is 32.5 Å². The molecule has 0 radical (unpaired) electrons. The Morgan fingerprint density at radius 2 is 1.90 bits per heavy atom. The summed E-state index contributed by atoms with van der Waals surface area (Å²) < 4.78 is 5.37. The van der Waals surface area contributed by atoms with E-state index in [1.54, 1.807) is 50.2 Å². The van der Waals surface area contributed by atoms with E-state index in [-0.39, 0.29) is 6.54 Å². The number of ether oxygens (including phenoxy) is 1.